The number of hydrogen-bond donors (Lipinski definition) is 3. The average molecular weight is 302 g/mol. The van der Waals surface area contributed by atoms with Gasteiger partial charge in [-0.15, -0.1) is 0 Å². The zero-order chi connectivity index (χ0) is 15.3. The molecule has 0 radical (unpaired) electrons. The molecule has 0 fully saturated rings. The molecule has 0 aliphatic rings. The highest BCUT2D eigenvalue weighted by molar-refractivity contribution is 7.89. The number of hydrogen-bond acceptors (Lipinski definition) is 4. The summed E-state index contributed by atoms with van der Waals surface area (Å²) < 4.78 is 27.5. The Labute approximate surface area is 121 Å². The van der Waals surface area contributed by atoms with Crippen molar-refractivity contribution in [1.29, 1.82) is 0 Å². The quantitative estimate of drug-likeness (QED) is 0.677. The van der Waals surface area contributed by atoms with Crippen LogP contribution in [0.15, 0.2) is 4.90 Å². The molecule has 1 unspecified atom stereocenters. The van der Waals surface area contributed by atoms with E-state index >= 15 is 0 Å². The Morgan fingerprint density at radius 3 is 2.50 bits per heavy atom. The van der Waals surface area contributed by atoms with E-state index in [2.05, 4.69) is 34.1 Å². The highest BCUT2D eigenvalue weighted by Crippen LogP contribution is 2.18. The lowest BCUT2D eigenvalue weighted by Crippen LogP contribution is -2.31. The molecule has 1 aromatic heterocycles. The Morgan fingerprint density at radius 1 is 1.30 bits per heavy atom. The maximum Gasteiger partial charge on any atom is 0.244 e. The molecule has 0 saturated carbocycles. The van der Waals surface area contributed by atoms with E-state index in [4.69, 9.17) is 0 Å². The van der Waals surface area contributed by atoms with Gasteiger partial charge >= 0.3 is 0 Å². The molecule has 7 heteroatoms. The number of nitrogens with zero attached hydrogens (tertiary/aromatic N) is 1. The van der Waals surface area contributed by atoms with Crippen molar-refractivity contribution in [2.75, 3.05) is 13.1 Å². The predicted molar refractivity (Wildman–Crippen MR) is 79.9 cm³/mol. The number of aromatic amines is 1. The molecule has 0 amide bonds. The van der Waals surface area contributed by atoms with E-state index in [1.54, 1.807) is 6.92 Å². The van der Waals surface area contributed by atoms with Crippen LogP contribution >= 0.6 is 0 Å². The van der Waals surface area contributed by atoms with Crippen molar-refractivity contribution >= 4 is 10.0 Å². The maximum atomic E-state index is 12.4. The molecule has 6 nitrogen and oxygen atoms in total. The van der Waals surface area contributed by atoms with E-state index in [9.17, 15) is 8.42 Å². The molecule has 0 bridgehead atoms. The standard InChI is InChI=1S/C13H26N4O2S/c1-6-14-8-12-13(11(5)16-17-12)20(18,19)15-7-10(4)9(2)3/h9-10,14-15H,6-8H2,1-5H3,(H,16,17). The third kappa shape index (κ3) is 4.29. The van der Waals surface area contributed by atoms with Gasteiger partial charge < -0.3 is 5.32 Å². The van der Waals surface area contributed by atoms with Crippen LogP contribution in [-0.4, -0.2) is 31.7 Å². The van der Waals surface area contributed by atoms with Crippen molar-refractivity contribution in [2.45, 2.75) is 46.1 Å². The van der Waals surface area contributed by atoms with Gasteiger partial charge in [0.05, 0.1) is 11.4 Å². The summed E-state index contributed by atoms with van der Waals surface area (Å²) in [4.78, 5) is 0.273. The molecule has 20 heavy (non-hydrogen) atoms. The first-order chi connectivity index (χ1) is 9.29. The van der Waals surface area contributed by atoms with Gasteiger partial charge in [0.1, 0.15) is 4.90 Å². The van der Waals surface area contributed by atoms with Crippen LogP contribution in [0.2, 0.25) is 0 Å². The van der Waals surface area contributed by atoms with Gasteiger partial charge in [0.2, 0.25) is 10.0 Å². The van der Waals surface area contributed by atoms with E-state index in [-0.39, 0.29) is 10.8 Å². The van der Waals surface area contributed by atoms with Crippen LogP contribution in [0.3, 0.4) is 0 Å². The van der Waals surface area contributed by atoms with E-state index in [0.29, 0.717) is 30.4 Å². The van der Waals surface area contributed by atoms with Gasteiger partial charge in [0.25, 0.3) is 0 Å². The lowest BCUT2D eigenvalue weighted by atomic mass is 9.99. The second kappa shape index (κ2) is 7.19. The molecule has 0 aliphatic heterocycles. The van der Waals surface area contributed by atoms with Gasteiger partial charge in [-0.2, -0.15) is 5.10 Å². The van der Waals surface area contributed by atoms with E-state index in [1.807, 2.05) is 13.8 Å². The first-order valence-corrected chi connectivity index (χ1v) is 8.52. The Balaban J connectivity index is 2.89. The van der Waals surface area contributed by atoms with Crippen molar-refractivity contribution in [1.82, 2.24) is 20.2 Å². The van der Waals surface area contributed by atoms with Crippen LogP contribution < -0.4 is 10.0 Å². The predicted octanol–water partition coefficient (Wildman–Crippen LogP) is 1.40. The minimum absolute atomic E-state index is 0.273. The van der Waals surface area contributed by atoms with Crippen molar-refractivity contribution in [3.8, 4) is 0 Å². The summed E-state index contributed by atoms with van der Waals surface area (Å²) in [5.74, 6) is 0.721. The second-order valence-corrected chi connectivity index (χ2v) is 7.18. The first kappa shape index (κ1) is 17.1. The molecule has 1 atom stereocenters. The molecule has 1 rings (SSSR count). The summed E-state index contributed by atoms with van der Waals surface area (Å²) in [6, 6.07) is 0. The molecular weight excluding hydrogens is 276 g/mol. The summed E-state index contributed by atoms with van der Waals surface area (Å²) in [5, 5.41) is 9.93. The fourth-order valence-corrected chi connectivity index (χ4v) is 3.24. The number of nitrogens with one attached hydrogen (secondary N) is 3. The molecule has 0 saturated heterocycles. The summed E-state index contributed by atoms with van der Waals surface area (Å²) in [5.41, 5.74) is 1.11. The molecular formula is C13H26N4O2S. The van der Waals surface area contributed by atoms with Crippen molar-refractivity contribution in [2.24, 2.45) is 11.8 Å². The Morgan fingerprint density at radius 2 is 1.95 bits per heavy atom. The summed E-state index contributed by atoms with van der Waals surface area (Å²) in [7, 11) is -3.52. The number of H-pyrrole nitrogens is 1. The van der Waals surface area contributed by atoms with Gasteiger partial charge in [-0.05, 0) is 25.3 Å². The summed E-state index contributed by atoms with van der Waals surface area (Å²) >= 11 is 0. The van der Waals surface area contributed by atoms with Crippen LogP contribution in [0.4, 0.5) is 0 Å². The van der Waals surface area contributed by atoms with Gasteiger partial charge in [-0.1, -0.05) is 27.7 Å². The van der Waals surface area contributed by atoms with Gasteiger partial charge in [-0.25, -0.2) is 13.1 Å². The van der Waals surface area contributed by atoms with Gasteiger partial charge in [-0.3, -0.25) is 5.10 Å². The molecule has 0 spiro atoms. The Bertz CT molecular complexity index is 522. The number of rotatable bonds is 8. The smallest absolute Gasteiger partial charge is 0.244 e. The van der Waals surface area contributed by atoms with Crippen molar-refractivity contribution < 1.29 is 8.42 Å². The molecule has 0 aromatic carbocycles. The Kier molecular flexibility index (Phi) is 6.16. The average Bonchev–Trinajstić information content (AvgIpc) is 2.75. The van der Waals surface area contributed by atoms with Crippen molar-refractivity contribution in [3.63, 3.8) is 0 Å². The number of aryl methyl sites for hydroxylation is 1. The Hall–Kier alpha value is -0.920. The number of sulfonamides is 1. The zero-order valence-corrected chi connectivity index (χ0v) is 13.8. The minimum Gasteiger partial charge on any atom is -0.311 e. The number of aromatic nitrogens is 2. The van der Waals surface area contributed by atoms with Gasteiger partial charge in [0.15, 0.2) is 0 Å². The largest absolute Gasteiger partial charge is 0.311 e. The van der Waals surface area contributed by atoms with Crippen LogP contribution in [-0.2, 0) is 16.6 Å². The van der Waals surface area contributed by atoms with E-state index < -0.39 is 10.0 Å². The molecule has 116 valence electrons. The fraction of sp³-hybridized carbons (Fsp3) is 0.769. The molecule has 1 aromatic rings. The zero-order valence-electron chi connectivity index (χ0n) is 12.9. The monoisotopic (exact) mass is 302 g/mol. The highest BCUT2D eigenvalue weighted by atomic mass is 32.2. The lowest BCUT2D eigenvalue weighted by Gasteiger charge is -2.16. The van der Waals surface area contributed by atoms with Crippen molar-refractivity contribution in [3.05, 3.63) is 11.4 Å². The highest BCUT2D eigenvalue weighted by Gasteiger charge is 2.24. The summed E-state index contributed by atoms with van der Waals surface area (Å²) in [6.45, 7) is 11.5. The van der Waals surface area contributed by atoms with E-state index in [1.165, 1.54) is 0 Å². The lowest BCUT2D eigenvalue weighted by molar-refractivity contribution is 0.414. The third-order valence-electron chi connectivity index (χ3n) is 3.51. The van der Waals surface area contributed by atoms with Crippen LogP contribution in [0.25, 0.3) is 0 Å². The van der Waals surface area contributed by atoms with Crippen LogP contribution in [0, 0.1) is 18.8 Å². The topological polar surface area (TPSA) is 86.9 Å². The second-order valence-electron chi connectivity index (χ2n) is 5.48. The van der Waals surface area contributed by atoms with Crippen LogP contribution in [0.5, 0.6) is 0 Å². The van der Waals surface area contributed by atoms with Gasteiger partial charge in [0, 0.05) is 13.1 Å². The van der Waals surface area contributed by atoms with E-state index in [0.717, 1.165) is 6.54 Å². The minimum atomic E-state index is -3.52. The third-order valence-corrected chi connectivity index (χ3v) is 5.13. The first-order valence-electron chi connectivity index (χ1n) is 7.03. The maximum absolute atomic E-state index is 12.4. The molecule has 0 aliphatic carbocycles. The SMILES string of the molecule is CCNCc1n[nH]c(C)c1S(=O)(=O)NCC(C)C(C)C. The molecule has 1 heterocycles. The molecule has 3 N–H and O–H groups in total. The van der Waals surface area contributed by atoms with Crippen LogP contribution in [0.1, 0.15) is 39.1 Å². The fourth-order valence-electron chi connectivity index (χ4n) is 1.74. The summed E-state index contributed by atoms with van der Waals surface area (Å²) in [6.07, 6.45) is 0. The normalized spacial score (nSPS) is 13.9.